The second-order valence-electron chi connectivity index (χ2n) is 4.06. The number of hydrogen-bond acceptors (Lipinski definition) is 4. The maximum absolute atomic E-state index is 10.9. The highest BCUT2D eigenvalue weighted by Gasteiger charge is 2.02. The van der Waals surface area contributed by atoms with Crippen LogP contribution in [0.5, 0.6) is 5.75 Å². The molecule has 0 aliphatic rings. The molecular weight excluding hydrogens is 242 g/mol. The van der Waals surface area contributed by atoms with E-state index in [1.165, 1.54) is 7.11 Å². The summed E-state index contributed by atoms with van der Waals surface area (Å²) in [4.78, 5) is 10.9. The molecule has 0 amide bonds. The second kappa shape index (κ2) is 9.16. The first-order valence-electron chi connectivity index (χ1n) is 6.37. The van der Waals surface area contributed by atoms with Crippen LogP contribution in [0.2, 0.25) is 0 Å². The molecule has 0 radical (unpaired) electrons. The first-order chi connectivity index (χ1) is 9.27. The summed E-state index contributed by atoms with van der Waals surface area (Å²) < 4.78 is 10.1. The molecule has 1 aromatic carbocycles. The molecule has 104 valence electrons. The molecule has 0 aliphatic carbocycles. The minimum Gasteiger partial charge on any atom is -0.489 e. The summed E-state index contributed by atoms with van der Waals surface area (Å²) in [7, 11) is 1.41. The van der Waals surface area contributed by atoms with E-state index in [0.717, 1.165) is 24.3 Å². The van der Waals surface area contributed by atoms with E-state index in [9.17, 15) is 4.79 Å². The van der Waals surface area contributed by atoms with Gasteiger partial charge in [-0.25, -0.2) is 0 Å². The third-order valence-corrected chi connectivity index (χ3v) is 2.61. The summed E-state index contributed by atoms with van der Waals surface area (Å²) in [5.41, 5.74) is 1.10. The minimum absolute atomic E-state index is 0.170. The standard InChI is InChI=1S/C15H21NO3/c1-3-11-19-14-8-5-4-7-13(14)12-16-10-6-9-15(17)18-2/h3-5,7-8,16H,1,6,9-12H2,2H3. The van der Waals surface area contributed by atoms with Gasteiger partial charge in [0.2, 0.25) is 0 Å². The van der Waals surface area contributed by atoms with Crippen LogP contribution >= 0.6 is 0 Å². The lowest BCUT2D eigenvalue weighted by Gasteiger charge is -2.10. The highest BCUT2D eigenvalue weighted by molar-refractivity contribution is 5.69. The summed E-state index contributed by atoms with van der Waals surface area (Å²) in [6, 6.07) is 7.88. The molecule has 0 bridgehead atoms. The Balaban J connectivity index is 2.32. The quantitative estimate of drug-likeness (QED) is 0.422. The summed E-state index contributed by atoms with van der Waals surface area (Å²) in [6.45, 7) is 5.62. The van der Waals surface area contributed by atoms with Gasteiger partial charge in [-0.1, -0.05) is 30.9 Å². The van der Waals surface area contributed by atoms with Crippen LogP contribution in [-0.4, -0.2) is 26.2 Å². The number of para-hydroxylation sites is 1. The van der Waals surface area contributed by atoms with E-state index in [4.69, 9.17) is 4.74 Å². The highest BCUT2D eigenvalue weighted by Crippen LogP contribution is 2.17. The Hall–Kier alpha value is -1.81. The maximum atomic E-state index is 10.9. The van der Waals surface area contributed by atoms with E-state index in [0.29, 0.717) is 19.6 Å². The van der Waals surface area contributed by atoms with Gasteiger partial charge < -0.3 is 14.8 Å². The molecule has 0 spiro atoms. The van der Waals surface area contributed by atoms with Crippen LogP contribution in [0.1, 0.15) is 18.4 Å². The van der Waals surface area contributed by atoms with E-state index >= 15 is 0 Å². The molecule has 0 heterocycles. The van der Waals surface area contributed by atoms with Gasteiger partial charge in [-0.15, -0.1) is 0 Å². The molecular formula is C15H21NO3. The molecule has 0 aliphatic heterocycles. The molecule has 19 heavy (non-hydrogen) atoms. The molecule has 0 unspecified atom stereocenters. The van der Waals surface area contributed by atoms with Crippen LogP contribution in [0, 0.1) is 0 Å². The number of benzene rings is 1. The van der Waals surface area contributed by atoms with Crippen LogP contribution < -0.4 is 10.1 Å². The molecule has 4 heteroatoms. The molecule has 0 saturated carbocycles. The molecule has 0 fully saturated rings. The summed E-state index contributed by atoms with van der Waals surface area (Å²) in [6.07, 6.45) is 2.93. The fourth-order valence-electron chi connectivity index (χ4n) is 1.62. The third-order valence-electron chi connectivity index (χ3n) is 2.61. The lowest BCUT2D eigenvalue weighted by molar-refractivity contribution is -0.140. The van der Waals surface area contributed by atoms with Gasteiger partial charge in [0.25, 0.3) is 0 Å². The van der Waals surface area contributed by atoms with Crippen molar-refractivity contribution in [3.63, 3.8) is 0 Å². The molecule has 0 aromatic heterocycles. The Morgan fingerprint density at radius 2 is 2.21 bits per heavy atom. The van der Waals surface area contributed by atoms with E-state index < -0.39 is 0 Å². The van der Waals surface area contributed by atoms with Crippen molar-refractivity contribution >= 4 is 5.97 Å². The molecule has 1 rings (SSSR count). The molecule has 0 saturated heterocycles. The van der Waals surface area contributed by atoms with Crippen LogP contribution in [0.15, 0.2) is 36.9 Å². The van der Waals surface area contributed by atoms with Gasteiger partial charge in [0.1, 0.15) is 12.4 Å². The Morgan fingerprint density at radius 3 is 2.95 bits per heavy atom. The van der Waals surface area contributed by atoms with Crippen molar-refractivity contribution in [1.82, 2.24) is 5.32 Å². The average molecular weight is 263 g/mol. The number of carbonyl (C=O) groups is 1. The van der Waals surface area contributed by atoms with Gasteiger partial charge in [-0.2, -0.15) is 0 Å². The van der Waals surface area contributed by atoms with Crippen molar-refractivity contribution in [3.8, 4) is 5.75 Å². The van der Waals surface area contributed by atoms with Crippen LogP contribution in [0.3, 0.4) is 0 Å². The number of carbonyl (C=O) groups excluding carboxylic acids is 1. The number of ether oxygens (including phenoxy) is 2. The second-order valence-corrected chi connectivity index (χ2v) is 4.06. The molecule has 1 aromatic rings. The van der Waals surface area contributed by atoms with E-state index in [1.54, 1.807) is 6.08 Å². The Labute approximate surface area is 114 Å². The number of nitrogens with one attached hydrogen (secondary N) is 1. The lowest BCUT2D eigenvalue weighted by atomic mass is 10.2. The zero-order valence-electron chi connectivity index (χ0n) is 11.4. The van der Waals surface area contributed by atoms with Gasteiger partial charge in [0, 0.05) is 18.5 Å². The molecule has 1 N–H and O–H groups in total. The fourth-order valence-corrected chi connectivity index (χ4v) is 1.62. The van der Waals surface area contributed by atoms with Crippen LogP contribution in [0.4, 0.5) is 0 Å². The predicted octanol–water partition coefficient (Wildman–Crippen LogP) is 2.29. The van der Waals surface area contributed by atoms with Crippen molar-refractivity contribution < 1.29 is 14.3 Å². The van der Waals surface area contributed by atoms with Crippen molar-refractivity contribution in [2.75, 3.05) is 20.3 Å². The zero-order valence-corrected chi connectivity index (χ0v) is 11.4. The lowest BCUT2D eigenvalue weighted by Crippen LogP contribution is -2.16. The van der Waals surface area contributed by atoms with Gasteiger partial charge in [-0.3, -0.25) is 4.79 Å². The van der Waals surface area contributed by atoms with Crippen molar-refractivity contribution in [3.05, 3.63) is 42.5 Å². The van der Waals surface area contributed by atoms with Gasteiger partial charge in [-0.05, 0) is 19.0 Å². The van der Waals surface area contributed by atoms with E-state index in [1.807, 2.05) is 24.3 Å². The molecule has 0 atom stereocenters. The van der Waals surface area contributed by atoms with Gasteiger partial charge in [0.15, 0.2) is 0 Å². The maximum Gasteiger partial charge on any atom is 0.305 e. The number of methoxy groups -OCH3 is 1. The van der Waals surface area contributed by atoms with Gasteiger partial charge >= 0.3 is 5.97 Å². The van der Waals surface area contributed by atoms with Crippen molar-refractivity contribution in [1.29, 1.82) is 0 Å². The Kier molecular flexibility index (Phi) is 7.35. The smallest absolute Gasteiger partial charge is 0.305 e. The van der Waals surface area contributed by atoms with Crippen molar-refractivity contribution in [2.45, 2.75) is 19.4 Å². The number of hydrogen-bond donors (Lipinski definition) is 1. The number of esters is 1. The normalized spacial score (nSPS) is 9.95. The monoisotopic (exact) mass is 263 g/mol. The molecule has 4 nitrogen and oxygen atoms in total. The first-order valence-corrected chi connectivity index (χ1v) is 6.37. The predicted molar refractivity (Wildman–Crippen MR) is 75.1 cm³/mol. The van der Waals surface area contributed by atoms with E-state index in [-0.39, 0.29) is 5.97 Å². The Morgan fingerprint density at radius 1 is 1.42 bits per heavy atom. The van der Waals surface area contributed by atoms with E-state index in [2.05, 4.69) is 16.6 Å². The van der Waals surface area contributed by atoms with Crippen LogP contribution in [0.25, 0.3) is 0 Å². The van der Waals surface area contributed by atoms with Crippen molar-refractivity contribution in [2.24, 2.45) is 0 Å². The fraction of sp³-hybridized carbons (Fsp3) is 0.400. The Bertz CT molecular complexity index is 404. The summed E-state index contributed by atoms with van der Waals surface area (Å²) in [5.74, 6) is 0.694. The zero-order chi connectivity index (χ0) is 13.9. The van der Waals surface area contributed by atoms with Crippen LogP contribution in [-0.2, 0) is 16.1 Å². The van der Waals surface area contributed by atoms with Gasteiger partial charge in [0.05, 0.1) is 7.11 Å². The number of rotatable bonds is 9. The summed E-state index contributed by atoms with van der Waals surface area (Å²) in [5, 5.41) is 3.28. The largest absolute Gasteiger partial charge is 0.489 e. The topological polar surface area (TPSA) is 47.6 Å². The first kappa shape index (κ1) is 15.2. The highest BCUT2D eigenvalue weighted by atomic mass is 16.5. The third kappa shape index (κ3) is 6.06. The average Bonchev–Trinajstić information content (AvgIpc) is 2.45. The SMILES string of the molecule is C=CCOc1ccccc1CNCCCC(=O)OC. The summed E-state index contributed by atoms with van der Waals surface area (Å²) >= 11 is 0. The minimum atomic E-state index is -0.170.